The molecule has 1 aliphatic heterocycles. The second kappa shape index (κ2) is 9.08. The lowest BCUT2D eigenvalue weighted by Crippen LogP contribution is -2.33. The Balaban J connectivity index is 1.32. The molecule has 0 aromatic heterocycles. The van der Waals surface area contributed by atoms with Gasteiger partial charge >= 0.3 is 0 Å². The molecule has 0 saturated heterocycles. The average molecular weight is 483 g/mol. The summed E-state index contributed by atoms with van der Waals surface area (Å²) >= 11 is 0. The number of rotatable bonds is 8. The van der Waals surface area contributed by atoms with Crippen LogP contribution >= 0.6 is 0 Å². The largest absolute Gasteiger partial charge is 0.454 e. The SMILES string of the molecule is O=C(c1cccc(S(=O)(=O)NCc2ccc3c(c2)OCO3)c1)N(Cc1ccccc1F)C1CC1. The van der Waals surface area contributed by atoms with Crippen molar-refractivity contribution in [3.8, 4) is 11.5 Å². The number of sulfonamides is 1. The lowest BCUT2D eigenvalue weighted by atomic mass is 10.1. The molecule has 5 rings (SSSR count). The van der Waals surface area contributed by atoms with Crippen LogP contribution in [-0.2, 0) is 23.1 Å². The standard InChI is InChI=1S/C25H23FN2O5S/c26-22-7-2-1-4-19(22)15-28(20-9-10-20)25(29)18-5-3-6-21(13-18)34(30,31)27-14-17-8-11-23-24(12-17)33-16-32-23/h1-8,11-13,20,27H,9-10,14-16H2. The molecule has 0 unspecified atom stereocenters. The van der Waals surface area contributed by atoms with Gasteiger partial charge in [-0.3, -0.25) is 4.79 Å². The third kappa shape index (κ3) is 4.76. The lowest BCUT2D eigenvalue weighted by Gasteiger charge is -2.23. The van der Waals surface area contributed by atoms with Gasteiger partial charge in [0.25, 0.3) is 5.91 Å². The fourth-order valence-electron chi connectivity index (χ4n) is 3.84. The Morgan fingerprint density at radius 1 is 1.00 bits per heavy atom. The number of benzene rings is 3. The van der Waals surface area contributed by atoms with Gasteiger partial charge in [-0.25, -0.2) is 17.5 Å². The van der Waals surface area contributed by atoms with Crippen LogP contribution in [0.5, 0.6) is 11.5 Å². The maximum atomic E-state index is 14.2. The molecular formula is C25H23FN2O5S. The Hall–Kier alpha value is -3.43. The van der Waals surface area contributed by atoms with Crippen molar-refractivity contribution in [1.29, 1.82) is 0 Å². The molecule has 1 heterocycles. The summed E-state index contributed by atoms with van der Waals surface area (Å²) in [5.41, 5.74) is 1.39. The van der Waals surface area contributed by atoms with E-state index in [1.54, 1.807) is 47.4 Å². The van der Waals surface area contributed by atoms with E-state index >= 15 is 0 Å². The molecule has 1 saturated carbocycles. The summed E-state index contributed by atoms with van der Waals surface area (Å²) in [6, 6.07) is 17.5. The van der Waals surface area contributed by atoms with Gasteiger partial charge < -0.3 is 14.4 Å². The van der Waals surface area contributed by atoms with E-state index < -0.39 is 10.0 Å². The number of nitrogens with one attached hydrogen (secondary N) is 1. The number of hydrogen-bond acceptors (Lipinski definition) is 5. The van der Waals surface area contributed by atoms with Gasteiger partial charge in [-0.15, -0.1) is 0 Å². The van der Waals surface area contributed by atoms with Gasteiger partial charge in [0.2, 0.25) is 16.8 Å². The van der Waals surface area contributed by atoms with E-state index in [2.05, 4.69) is 4.72 Å². The van der Waals surface area contributed by atoms with Gasteiger partial charge in [0.1, 0.15) is 5.82 Å². The van der Waals surface area contributed by atoms with Gasteiger partial charge in [0.15, 0.2) is 11.5 Å². The molecule has 0 atom stereocenters. The van der Waals surface area contributed by atoms with Crippen LogP contribution < -0.4 is 14.2 Å². The highest BCUT2D eigenvalue weighted by molar-refractivity contribution is 7.89. The first-order valence-electron chi connectivity index (χ1n) is 10.9. The molecule has 1 aliphatic carbocycles. The summed E-state index contributed by atoms with van der Waals surface area (Å²) in [6.45, 7) is 0.328. The molecule has 1 fully saturated rings. The summed E-state index contributed by atoms with van der Waals surface area (Å²) in [5, 5.41) is 0. The molecule has 0 spiro atoms. The lowest BCUT2D eigenvalue weighted by molar-refractivity contribution is 0.0728. The zero-order chi connectivity index (χ0) is 23.7. The quantitative estimate of drug-likeness (QED) is 0.528. The van der Waals surface area contributed by atoms with E-state index in [0.717, 1.165) is 12.8 Å². The molecular weight excluding hydrogens is 459 g/mol. The normalized spacial score (nSPS) is 14.7. The van der Waals surface area contributed by atoms with Crippen molar-refractivity contribution in [2.75, 3.05) is 6.79 Å². The van der Waals surface area contributed by atoms with Crippen molar-refractivity contribution in [1.82, 2.24) is 9.62 Å². The first-order valence-corrected chi connectivity index (χ1v) is 12.4. The molecule has 9 heteroatoms. The van der Waals surface area contributed by atoms with E-state index in [4.69, 9.17) is 9.47 Å². The number of carbonyl (C=O) groups is 1. The summed E-state index contributed by atoms with van der Waals surface area (Å²) in [4.78, 5) is 14.9. The highest BCUT2D eigenvalue weighted by atomic mass is 32.2. The monoisotopic (exact) mass is 482 g/mol. The van der Waals surface area contributed by atoms with Crippen LogP contribution in [0.15, 0.2) is 71.6 Å². The van der Waals surface area contributed by atoms with Crippen LogP contribution in [-0.4, -0.2) is 32.1 Å². The molecule has 1 N–H and O–H groups in total. The zero-order valence-corrected chi connectivity index (χ0v) is 19.1. The topological polar surface area (TPSA) is 84.9 Å². The highest BCUT2D eigenvalue weighted by Gasteiger charge is 2.34. The van der Waals surface area contributed by atoms with Gasteiger partial charge in [-0.05, 0) is 54.8 Å². The molecule has 176 valence electrons. The van der Waals surface area contributed by atoms with Crippen LogP contribution in [0, 0.1) is 5.82 Å². The van der Waals surface area contributed by atoms with E-state index in [-0.39, 0.29) is 48.1 Å². The highest BCUT2D eigenvalue weighted by Crippen LogP contribution is 2.33. The van der Waals surface area contributed by atoms with Crippen molar-refractivity contribution in [2.24, 2.45) is 0 Å². The number of carbonyl (C=O) groups excluding carboxylic acids is 1. The van der Waals surface area contributed by atoms with Gasteiger partial charge in [0.05, 0.1) is 4.90 Å². The predicted octanol–water partition coefficient (Wildman–Crippen LogP) is 3.84. The Kier molecular flexibility index (Phi) is 5.97. The molecule has 2 aliphatic rings. The minimum atomic E-state index is -3.88. The van der Waals surface area contributed by atoms with Crippen LogP contribution in [0.3, 0.4) is 0 Å². The smallest absolute Gasteiger partial charge is 0.254 e. The molecule has 3 aromatic rings. The minimum Gasteiger partial charge on any atom is -0.454 e. The predicted molar refractivity (Wildman–Crippen MR) is 122 cm³/mol. The fourth-order valence-corrected chi connectivity index (χ4v) is 4.90. The second-order valence-electron chi connectivity index (χ2n) is 8.30. The van der Waals surface area contributed by atoms with Crippen LogP contribution in [0.2, 0.25) is 0 Å². The van der Waals surface area contributed by atoms with Crippen LogP contribution in [0.4, 0.5) is 4.39 Å². The van der Waals surface area contributed by atoms with E-state index in [1.807, 2.05) is 0 Å². The first-order chi connectivity index (χ1) is 16.4. The number of hydrogen-bond donors (Lipinski definition) is 1. The van der Waals surface area contributed by atoms with Crippen LogP contribution in [0.1, 0.15) is 34.3 Å². The molecule has 7 nitrogen and oxygen atoms in total. The molecule has 34 heavy (non-hydrogen) atoms. The Bertz CT molecular complexity index is 1340. The van der Waals surface area contributed by atoms with E-state index in [1.165, 1.54) is 24.3 Å². The number of fused-ring (bicyclic) bond motifs is 1. The number of amides is 1. The Labute approximate surface area is 197 Å². The van der Waals surface area contributed by atoms with Crippen molar-refractivity contribution >= 4 is 15.9 Å². The maximum absolute atomic E-state index is 14.2. The van der Waals surface area contributed by atoms with Gasteiger partial charge in [-0.1, -0.05) is 30.3 Å². The maximum Gasteiger partial charge on any atom is 0.254 e. The minimum absolute atomic E-state index is 0.0132. The summed E-state index contributed by atoms with van der Waals surface area (Å²) in [7, 11) is -3.88. The van der Waals surface area contributed by atoms with Crippen molar-refractivity contribution in [2.45, 2.75) is 36.9 Å². The number of nitrogens with zero attached hydrogens (tertiary/aromatic N) is 1. The van der Waals surface area contributed by atoms with Gasteiger partial charge in [0, 0.05) is 30.3 Å². The number of halogens is 1. The van der Waals surface area contributed by atoms with Crippen molar-refractivity contribution in [3.05, 3.63) is 89.2 Å². The molecule has 1 amide bonds. The summed E-state index contributed by atoms with van der Waals surface area (Å²) in [6.07, 6.45) is 1.69. The average Bonchev–Trinajstić information content (AvgIpc) is 3.58. The molecule has 0 radical (unpaired) electrons. The summed E-state index contributed by atoms with van der Waals surface area (Å²) in [5.74, 6) is 0.497. The molecule has 3 aromatic carbocycles. The Morgan fingerprint density at radius 2 is 1.79 bits per heavy atom. The zero-order valence-electron chi connectivity index (χ0n) is 18.2. The Morgan fingerprint density at radius 3 is 2.59 bits per heavy atom. The fraction of sp³-hybridized carbons (Fsp3) is 0.240. The van der Waals surface area contributed by atoms with Crippen LogP contribution in [0.25, 0.3) is 0 Å². The summed E-state index contributed by atoms with van der Waals surface area (Å²) < 4.78 is 53.2. The van der Waals surface area contributed by atoms with E-state index in [0.29, 0.717) is 22.6 Å². The third-order valence-corrected chi connectivity index (χ3v) is 7.24. The first kappa shape index (κ1) is 22.4. The van der Waals surface area contributed by atoms with Crippen molar-refractivity contribution < 1.29 is 27.1 Å². The molecule has 0 bridgehead atoms. The third-order valence-electron chi connectivity index (χ3n) is 5.84. The van der Waals surface area contributed by atoms with E-state index in [9.17, 15) is 17.6 Å². The van der Waals surface area contributed by atoms with Crippen molar-refractivity contribution in [3.63, 3.8) is 0 Å². The number of ether oxygens (including phenoxy) is 2. The van der Waals surface area contributed by atoms with Gasteiger partial charge in [-0.2, -0.15) is 0 Å². The second-order valence-corrected chi connectivity index (χ2v) is 10.1.